The third kappa shape index (κ3) is 3.95. The first-order valence-corrected chi connectivity index (χ1v) is 7.40. The van der Waals surface area contributed by atoms with Crippen molar-refractivity contribution in [3.63, 3.8) is 0 Å². The standard InChI is InChI=1S/C15H28N2O3/c1-10(2)12(13(18)20-5)17-14(19)15(3,4)11-7-6-8-16-9-11/h10-12,16H,6-9H2,1-5H3,(H,17,19). The molecule has 1 rings (SSSR count). The van der Waals surface area contributed by atoms with Gasteiger partial charge in [-0.25, -0.2) is 4.79 Å². The monoisotopic (exact) mass is 284 g/mol. The van der Waals surface area contributed by atoms with Gasteiger partial charge in [0.1, 0.15) is 6.04 Å². The second-order valence-corrected chi connectivity index (χ2v) is 6.48. The second-order valence-electron chi connectivity index (χ2n) is 6.48. The normalized spacial score (nSPS) is 21.4. The lowest BCUT2D eigenvalue weighted by molar-refractivity contribution is -0.148. The van der Waals surface area contributed by atoms with E-state index in [-0.39, 0.29) is 17.8 Å². The Morgan fingerprint density at radius 1 is 1.35 bits per heavy atom. The number of piperidine rings is 1. The molecule has 0 radical (unpaired) electrons. The molecule has 20 heavy (non-hydrogen) atoms. The molecule has 1 heterocycles. The lowest BCUT2D eigenvalue weighted by atomic mass is 9.74. The number of methoxy groups -OCH3 is 1. The SMILES string of the molecule is COC(=O)C(NC(=O)C(C)(C)C1CCCNC1)C(C)C. The molecule has 0 aromatic rings. The predicted octanol–water partition coefficient (Wildman–Crippen LogP) is 1.33. The smallest absolute Gasteiger partial charge is 0.328 e. The number of nitrogens with one attached hydrogen (secondary N) is 2. The molecule has 0 bridgehead atoms. The lowest BCUT2D eigenvalue weighted by Crippen LogP contribution is -2.53. The van der Waals surface area contributed by atoms with Gasteiger partial charge in [-0.15, -0.1) is 0 Å². The van der Waals surface area contributed by atoms with Crippen molar-refractivity contribution in [1.82, 2.24) is 10.6 Å². The maximum absolute atomic E-state index is 12.6. The number of ether oxygens (including phenoxy) is 1. The zero-order chi connectivity index (χ0) is 15.3. The van der Waals surface area contributed by atoms with Crippen molar-refractivity contribution in [3.8, 4) is 0 Å². The van der Waals surface area contributed by atoms with Crippen LogP contribution < -0.4 is 10.6 Å². The van der Waals surface area contributed by atoms with Gasteiger partial charge in [0.2, 0.25) is 5.91 Å². The molecule has 2 unspecified atom stereocenters. The van der Waals surface area contributed by atoms with Crippen LogP contribution >= 0.6 is 0 Å². The third-order valence-corrected chi connectivity index (χ3v) is 4.31. The van der Waals surface area contributed by atoms with Crippen molar-refractivity contribution in [2.24, 2.45) is 17.3 Å². The van der Waals surface area contributed by atoms with Gasteiger partial charge in [0.25, 0.3) is 0 Å². The fraction of sp³-hybridized carbons (Fsp3) is 0.867. The summed E-state index contributed by atoms with van der Waals surface area (Å²) in [6, 6.07) is -0.580. The van der Waals surface area contributed by atoms with Crippen molar-refractivity contribution in [2.75, 3.05) is 20.2 Å². The number of esters is 1. The van der Waals surface area contributed by atoms with Gasteiger partial charge < -0.3 is 15.4 Å². The molecular formula is C15H28N2O3. The van der Waals surface area contributed by atoms with Crippen LogP contribution in [0.2, 0.25) is 0 Å². The molecule has 5 heteroatoms. The summed E-state index contributed by atoms with van der Waals surface area (Å²) >= 11 is 0. The van der Waals surface area contributed by atoms with Crippen LogP contribution in [0, 0.1) is 17.3 Å². The summed E-state index contributed by atoms with van der Waals surface area (Å²) in [7, 11) is 1.35. The minimum absolute atomic E-state index is 0.00619. The van der Waals surface area contributed by atoms with Gasteiger partial charge in [-0.05, 0) is 37.8 Å². The Kier molecular flexibility index (Phi) is 5.99. The summed E-state index contributed by atoms with van der Waals surface area (Å²) in [5.41, 5.74) is -0.491. The van der Waals surface area contributed by atoms with E-state index in [1.165, 1.54) is 7.11 Å². The molecule has 0 spiro atoms. The molecule has 1 saturated heterocycles. The summed E-state index contributed by atoms with van der Waals surface area (Å²) in [6.45, 7) is 9.58. The molecule has 2 atom stereocenters. The highest BCUT2D eigenvalue weighted by atomic mass is 16.5. The van der Waals surface area contributed by atoms with Crippen molar-refractivity contribution in [3.05, 3.63) is 0 Å². The van der Waals surface area contributed by atoms with Crippen LogP contribution in [0.3, 0.4) is 0 Å². The largest absolute Gasteiger partial charge is 0.467 e. The van der Waals surface area contributed by atoms with Gasteiger partial charge in [0, 0.05) is 5.41 Å². The van der Waals surface area contributed by atoms with E-state index >= 15 is 0 Å². The highest BCUT2D eigenvalue weighted by molar-refractivity contribution is 5.87. The highest BCUT2D eigenvalue weighted by Gasteiger charge is 2.39. The minimum Gasteiger partial charge on any atom is -0.467 e. The van der Waals surface area contributed by atoms with Crippen LogP contribution in [0.4, 0.5) is 0 Å². The number of hydrogen-bond donors (Lipinski definition) is 2. The average molecular weight is 284 g/mol. The van der Waals surface area contributed by atoms with Gasteiger partial charge >= 0.3 is 5.97 Å². The summed E-state index contributed by atoms with van der Waals surface area (Å²) in [6.07, 6.45) is 2.13. The molecule has 0 aliphatic carbocycles. The van der Waals surface area contributed by atoms with E-state index in [1.807, 2.05) is 27.7 Å². The Morgan fingerprint density at radius 3 is 2.45 bits per heavy atom. The maximum Gasteiger partial charge on any atom is 0.328 e. The summed E-state index contributed by atoms with van der Waals surface area (Å²) in [5.74, 6) is -0.158. The lowest BCUT2D eigenvalue weighted by Gasteiger charge is -2.37. The summed E-state index contributed by atoms with van der Waals surface area (Å²) in [5, 5.41) is 6.20. The van der Waals surface area contributed by atoms with E-state index in [0.717, 1.165) is 25.9 Å². The van der Waals surface area contributed by atoms with Gasteiger partial charge in [-0.2, -0.15) is 0 Å². The molecule has 2 N–H and O–H groups in total. The number of carbonyl (C=O) groups excluding carboxylic acids is 2. The van der Waals surface area contributed by atoms with Crippen LogP contribution in [0.1, 0.15) is 40.5 Å². The van der Waals surface area contributed by atoms with Gasteiger partial charge in [0.15, 0.2) is 0 Å². The zero-order valence-electron chi connectivity index (χ0n) is 13.3. The minimum atomic E-state index is -0.580. The Bertz CT molecular complexity index is 347. The fourth-order valence-corrected chi connectivity index (χ4v) is 2.61. The quantitative estimate of drug-likeness (QED) is 0.747. The van der Waals surface area contributed by atoms with Gasteiger partial charge in [0.05, 0.1) is 7.11 Å². The van der Waals surface area contributed by atoms with E-state index in [9.17, 15) is 9.59 Å². The highest BCUT2D eigenvalue weighted by Crippen LogP contribution is 2.32. The molecule has 1 amide bonds. The zero-order valence-corrected chi connectivity index (χ0v) is 13.3. The number of hydrogen-bond acceptors (Lipinski definition) is 4. The molecule has 116 valence electrons. The Morgan fingerprint density at radius 2 is 2.00 bits per heavy atom. The number of rotatable bonds is 5. The molecular weight excluding hydrogens is 256 g/mol. The molecule has 5 nitrogen and oxygen atoms in total. The van der Waals surface area contributed by atoms with Gasteiger partial charge in [-0.3, -0.25) is 4.79 Å². The first kappa shape index (κ1) is 17.0. The van der Waals surface area contributed by atoms with Crippen LogP contribution in [0.25, 0.3) is 0 Å². The summed E-state index contributed by atoms with van der Waals surface area (Å²) < 4.78 is 4.77. The molecule has 0 saturated carbocycles. The molecule has 1 aliphatic rings. The van der Waals surface area contributed by atoms with E-state index in [1.54, 1.807) is 0 Å². The van der Waals surface area contributed by atoms with E-state index in [2.05, 4.69) is 10.6 Å². The molecule has 0 aromatic heterocycles. The molecule has 1 aliphatic heterocycles. The topological polar surface area (TPSA) is 67.4 Å². The fourth-order valence-electron chi connectivity index (χ4n) is 2.61. The van der Waals surface area contributed by atoms with E-state index in [0.29, 0.717) is 5.92 Å². The molecule has 1 fully saturated rings. The Hall–Kier alpha value is -1.10. The third-order valence-electron chi connectivity index (χ3n) is 4.31. The number of carbonyl (C=O) groups is 2. The average Bonchev–Trinajstić information content (AvgIpc) is 2.44. The van der Waals surface area contributed by atoms with Crippen molar-refractivity contribution < 1.29 is 14.3 Å². The first-order valence-electron chi connectivity index (χ1n) is 7.40. The van der Waals surface area contributed by atoms with E-state index < -0.39 is 11.5 Å². The summed E-state index contributed by atoms with van der Waals surface area (Å²) in [4.78, 5) is 24.3. The van der Waals surface area contributed by atoms with Crippen molar-refractivity contribution in [1.29, 1.82) is 0 Å². The molecule has 0 aromatic carbocycles. The van der Waals surface area contributed by atoms with Crippen LogP contribution in [0.5, 0.6) is 0 Å². The predicted molar refractivity (Wildman–Crippen MR) is 78.2 cm³/mol. The van der Waals surface area contributed by atoms with Crippen LogP contribution in [-0.4, -0.2) is 38.1 Å². The number of amides is 1. The van der Waals surface area contributed by atoms with Crippen LogP contribution in [-0.2, 0) is 14.3 Å². The van der Waals surface area contributed by atoms with E-state index in [4.69, 9.17) is 4.74 Å². The first-order chi connectivity index (χ1) is 9.30. The van der Waals surface area contributed by atoms with Crippen molar-refractivity contribution >= 4 is 11.9 Å². The van der Waals surface area contributed by atoms with Crippen molar-refractivity contribution in [2.45, 2.75) is 46.6 Å². The van der Waals surface area contributed by atoms with Gasteiger partial charge in [-0.1, -0.05) is 27.7 Å². The van der Waals surface area contributed by atoms with Crippen LogP contribution in [0.15, 0.2) is 0 Å². The Balaban J connectivity index is 2.73. The second kappa shape index (κ2) is 7.07. The maximum atomic E-state index is 12.6. The Labute approximate surface area is 121 Å².